The average Bonchev–Trinajstić information content (AvgIpc) is 2.39. The van der Waals surface area contributed by atoms with Gasteiger partial charge < -0.3 is 15.3 Å². The number of phenolic OH excluding ortho intramolecular Hbond substituents is 1. The molecule has 0 saturated heterocycles. The molecule has 0 fully saturated rings. The topological polar surface area (TPSA) is 60.7 Å². The quantitative estimate of drug-likeness (QED) is 0.746. The first kappa shape index (κ1) is 13.1. The maximum absolute atomic E-state index is 10.1. The predicted octanol–water partition coefficient (Wildman–Crippen LogP) is 2.57. The zero-order valence-electron chi connectivity index (χ0n) is 9.75. The van der Waals surface area contributed by atoms with Crippen LogP contribution in [0, 0.1) is 0 Å². The maximum Gasteiger partial charge on any atom is 0.123 e. The lowest BCUT2D eigenvalue weighted by molar-refractivity contribution is 0.0178. The molecule has 18 heavy (non-hydrogen) atoms. The fourth-order valence-electron chi connectivity index (χ4n) is 2.04. The highest BCUT2D eigenvalue weighted by atomic mass is 35.5. The molecule has 2 rings (SSSR count). The fourth-order valence-corrected chi connectivity index (χ4v) is 2.26. The monoisotopic (exact) mass is 266 g/mol. The molecule has 2 atom stereocenters. The Morgan fingerprint density at radius 1 is 1.00 bits per heavy atom. The third-order valence-corrected chi connectivity index (χ3v) is 3.24. The van der Waals surface area contributed by atoms with Gasteiger partial charge in [0.25, 0.3) is 0 Å². The van der Waals surface area contributed by atoms with Crippen molar-refractivity contribution in [1.82, 2.24) is 0 Å². The number of aliphatic hydroxyl groups excluding tert-OH is 2. The summed E-state index contributed by atoms with van der Waals surface area (Å²) < 4.78 is 0. The lowest BCUT2D eigenvalue weighted by atomic mass is 9.96. The molecule has 2 aromatic carbocycles. The highest BCUT2D eigenvalue weighted by molar-refractivity contribution is 6.17. The Morgan fingerprint density at radius 3 is 2.33 bits per heavy atom. The minimum atomic E-state index is -1.01. The van der Waals surface area contributed by atoms with Crippen LogP contribution in [0.2, 0.25) is 0 Å². The second-order valence-electron chi connectivity index (χ2n) is 4.21. The molecule has 4 heteroatoms. The molecule has 0 spiro atoms. The van der Waals surface area contributed by atoms with Gasteiger partial charge in [0.2, 0.25) is 0 Å². The summed E-state index contributed by atoms with van der Waals surface area (Å²) in [5.41, 5.74) is 0.598. The number of aromatic hydroxyl groups is 1. The van der Waals surface area contributed by atoms with Crippen LogP contribution in [0.3, 0.4) is 0 Å². The summed E-state index contributed by atoms with van der Waals surface area (Å²) in [4.78, 5) is 0. The molecule has 2 unspecified atom stereocenters. The van der Waals surface area contributed by atoms with Crippen molar-refractivity contribution in [3.05, 3.63) is 42.0 Å². The summed E-state index contributed by atoms with van der Waals surface area (Å²) >= 11 is 5.56. The number of aliphatic hydroxyl groups is 2. The van der Waals surface area contributed by atoms with E-state index in [0.717, 1.165) is 5.39 Å². The summed E-state index contributed by atoms with van der Waals surface area (Å²) in [6, 6.07) is 10.4. The van der Waals surface area contributed by atoms with Crippen molar-refractivity contribution in [3.63, 3.8) is 0 Å². The normalized spacial score (nSPS) is 14.6. The Bertz CT molecular complexity index is 542. The van der Waals surface area contributed by atoms with Gasteiger partial charge in [0, 0.05) is 11.3 Å². The second kappa shape index (κ2) is 5.57. The van der Waals surface area contributed by atoms with Gasteiger partial charge in [-0.3, -0.25) is 0 Å². The number of rotatable bonds is 4. The standard InChI is InChI=1S/C14H15ClO3/c15-8-7-13(17)14(18)11-5-6-12(16)10-4-2-1-3-9(10)11/h1-6,13-14,16-18H,7-8H2. The molecule has 0 bridgehead atoms. The van der Waals surface area contributed by atoms with Crippen molar-refractivity contribution in [2.45, 2.75) is 18.6 Å². The molecule has 0 aliphatic rings. The Balaban J connectivity index is 2.48. The van der Waals surface area contributed by atoms with Gasteiger partial charge in [0.15, 0.2) is 0 Å². The first-order valence-corrected chi connectivity index (χ1v) is 6.31. The first-order chi connectivity index (χ1) is 8.65. The highest BCUT2D eigenvalue weighted by Gasteiger charge is 2.20. The molecular formula is C14H15ClO3. The Morgan fingerprint density at radius 2 is 1.67 bits per heavy atom. The van der Waals surface area contributed by atoms with Gasteiger partial charge >= 0.3 is 0 Å². The van der Waals surface area contributed by atoms with Crippen LogP contribution in [-0.4, -0.2) is 27.3 Å². The molecule has 0 aliphatic carbocycles. The van der Waals surface area contributed by atoms with Gasteiger partial charge in [-0.05, 0) is 23.4 Å². The van der Waals surface area contributed by atoms with E-state index < -0.39 is 12.2 Å². The van der Waals surface area contributed by atoms with Crippen LogP contribution in [0.25, 0.3) is 10.8 Å². The van der Waals surface area contributed by atoms with E-state index in [1.807, 2.05) is 12.1 Å². The first-order valence-electron chi connectivity index (χ1n) is 5.78. The summed E-state index contributed by atoms with van der Waals surface area (Å²) in [6.07, 6.45) is -1.59. The number of hydrogen-bond acceptors (Lipinski definition) is 3. The number of phenols is 1. The lowest BCUT2D eigenvalue weighted by Crippen LogP contribution is -2.18. The van der Waals surface area contributed by atoms with Gasteiger partial charge in [0.1, 0.15) is 11.9 Å². The highest BCUT2D eigenvalue weighted by Crippen LogP contribution is 2.32. The number of fused-ring (bicyclic) bond motifs is 1. The van der Waals surface area contributed by atoms with Crippen molar-refractivity contribution in [3.8, 4) is 5.75 Å². The average molecular weight is 267 g/mol. The number of halogens is 1. The van der Waals surface area contributed by atoms with E-state index in [1.165, 1.54) is 6.07 Å². The van der Waals surface area contributed by atoms with Crippen LogP contribution in [0.15, 0.2) is 36.4 Å². The summed E-state index contributed by atoms with van der Waals surface area (Å²) in [7, 11) is 0. The van der Waals surface area contributed by atoms with Crippen LogP contribution in [0.5, 0.6) is 5.75 Å². The van der Waals surface area contributed by atoms with Crippen molar-refractivity contribution in [2.75, 3.05) is 5.88 Å². The van der Waals surface area contributed by atoms with Gasteiger partial charge in [0.05, 0.1) is 6.10 Å². The number of alkyl halides is 1. The molecule has 0 radical (unpaired) electrons. The molecule has 0 aromatic heterocycles. The van der Waals surface area contributed by atoms with Gasteiger partial charge in [-0.1, -0.05) is 30.3 Å². The molecule has 2 aromatic rings. The van der Waals surface area contributed by atoms with Crippen LogP contribution in [-0.2, 0) is 0 Å². The van der Waals surface area contributed by atoms with E-state index in [0.29, 0.717) is 17.4 Å². The maximum atomic E-state index is 10.1. The van der Waals surface area contributed by atoms with Gasteiger partial charge in [-0.2, -0.15) is 0 Å². The number of hydrogen-bond donors (Lipinski definition) is 3. The van der Waals surface area contributed by atoms with Crippen molar-refractivity contribution in [1.29, 1.82) is 0 Å². The van der Waals surface area contributed by atoms with E-state index in [1.54, 1.807) is 18.2 Å². The smallest absolute Gasteiger partial charge is 0.123 e. The van der Waals surface area contributed by atoms with Crippen LogP contribution in [0.4, 0.5) is 0 Å². The Labute approximate surface area is 110 Å². The molecule has 0 heterocycles. The van der Waals surface area contributed by atoms with E-state index >= 15 is 0 Å². The number of benzene rings is 2. The minimum absolute atomic E-state index is 0.161. The summed E-state index contributed by atoms with van der Waals surface area (Å²) in [5, 5.41) is 31.1. The van der Waals surface area contributed by atoms with Crippen molar-refractivity contribution < 1.29 is 15.3 Å². The second-order valence-corrected chi connectivity index (χ2v) is 4.59. The molecule has 0 saturated carbocycles. The lowest BCUT2D eigenvalue weighted by Gasteiger charge is -2.19. The molecule has 0 amide bonds. The van der Waals surface area contributed by atoms with Crippen molar-refractivity contribution in [2.24, 2.45) is 0 Å². The van der Waals surface area contributed by atoms with Crippen LogP contribution < -0.4 is 0 Å². The van der Waals surface area contributed by atoms with E-state index in [9.17, 15) is 15.3 Å². The van der Waals surface area contributed by atoms with Crippen molar-refractivity contribution >= 4 is 22.4 Å². The van der Waals surface area contributed by atoms with Gasteiger partial charge in [-0.25, -0.2) is 0 Å². The SMILES string of the molecule is Oc1ccc(C(O)C(O)CCCl)c2ccccc12. The minimum Gasteiger partial charge on any atom is -0.507 e. The van der Waals surface area contributed by atoms with E-state index in [-0.39, 0.29) is 11.6 Å². The van der Waals surface area contributed by atoms with Gasteiger partial charge in [-0.15, -0.1) is 11.6 Å². The molecule has 3 nitrogen and oxygen atoms in total. The fraction of sp³-hybridized carbons (Fsp3) is 0.286. The van der Waals surface area contributed by atoms with E-state index in [2.05, 4.69) is 0 Å². The molecular weight excluding hydrogens is 252 g/mol. The summed E-state index contributed by atoms with van der Waals surface area (Å²) in [5.74, 6) is 0.446. The Hall–Kier alpha value is -1.29. The van der Waals surface area contributed by atoms with Crippen LogP contribution >= 0.6 is 11.6 Å². The molecule has 96 valence electrons. The van der Waals surface area contributed by atoms with E-state index in [4.69, 9.17) is 11.6 Å². The summed E-state index contributed by atoms with van der Waals surface area (Å²) in [6.45, 7) is 0. The largest absolute Gasteiger partial charge is 0.507 e. The zero-order valence-corrected chi connectivity index (χ0v) is 10.5. The molecule has 0 aliphatic heterocycles. The third kappa shape index (κ3) is 2.43. The predicted molar refractivity (Wildman–Crippen MR) is 71.9 cm³/mol. The zero-order chi connectivity index (χ0) is 13.1. The molecule has 3 N–H and O–H groups in total. The van der Waals surface area contributed by atoms with Crippen LogP contribution in [0.1, 0.15) is 18.1 Å². The third-order valence-electron chi connectivity index (χ3n) is 3.02. The Kier molecular flexibility index (Phi) is 4.07.